The van der Waals surface area contributed by atoms with Gasteiger partial charge in [0, 0.05) is 32.2 Å². The minimum Gasteiger partial charge on any atom is -0.480 e. The molecular weight excluding hydrogens is 270 g/mol. The second kappa shape index (κ2) is 7.64. The summed E-state index contributed by atoms with van der Waals surface area (Å²) in [5.41, 5.74) is 1.63. The number of carbonyl (C=O) groups is 1. The Morgan fingerprint density at radius 3 is 3.14 bits per heavy atom. The van der Waals surface area contributed by atoms with Crippen molar-refractivity contribution in [2.45, 2.75) is 20.3 Å². The molecule has 0 aromatic carbocycles. The van der Waals surface area contributed by atoms with Crippen LogP contribution in [0.4, 0.5) is 0 Å². The number of fused-ring (bicyclic) bond motifs is 1. The predicted octanol–water partition coefficient (Wildman–Crippen LogP) is 1.56. The Bertz CT molecular complexity index is 595. The molecule has 0 fully saturated rings. The molecule has 1 amide bonds. The van der Waals surface area contributed by atoms with Crippen LogP contribution in [-0.4, -0.2) is 41.7 Å². The van der Waals surface area contributed by atoms with E-state index in [2.05, 4.69) is 10.3 Å². The lowest BCUT2D eigenvalue weighted by atomic mass is 10.4. The highest BCUT2D eigenvalue weighted by Crippen LogP contribution is 2.18. The maximum Gasteiger partial charge on any atom is 0.257 e. The van der Waals surface area contributed by atoms with Gasteiger partial charge < -0.3 is 19.2 Å². The van der Waals surface area contributed by atoms with Crippen molar-refractivity contribution in [3.05, 3.63) is 30.2 Å². The number of aryl methyl sites for hydroxylation is 1. The third-order valence-corrected chi connectivity index (χ3v) is 2.92. The highest BCUT2D eigenvalue weighted by Gasteiger charge is 2.07. The van der Waals surface area contributed by atoms with Crippen molar-refractivity contribution in [3.8, 4) is 5.75 Å². The molecule has 2 aromatic rings. The van der Waals surface area contributed by atoms with Gasteiger partial charge in [0.2, 0.25) is 0 Å². The fourth-order valence-corrected chi connectivity index (χ4v) is 1.96. The van der Waals surface area contributed by atoms with Gasteiger partial charge >= 0.3 is 0 Å². The number of nitrogens with zero attached hydrogens (tertiary/aromatic N) is 2. The predicted molar refractivity (Wildman–Crippen MR) is 79.5 cm³/mol. The van der Waals surface area contributed by atoms with Gasteiger partial charge in [-0.25, -0.2) is 4.98 Å². The fraction of sp³-hybridized carbons (Fsp3) is 0.467. The number of nitrogens with one attached hydrogen (secondary N) is 1. The van der Waals surface area contributed by atoms with Gasteiger partial charge in [-0.2, -0.15) is 0 Å². The van der Waals surface area contributed by atoms with Crippen molar-refractivity contribution < 1.29 is 14.3 Å². The third kappa shape index (κ3) is 4.46. The van der Waals surface area contributed by atoms with E-state index in [9.17, 15) is 4.79 Å². The summed E-state index contributed by atoms with van der Waals surface area (Å²) >= 11 is 0. The number of rotatable bonds is 8. The van der Waals surface area contributed by atoms with Gasteiger partial charge in [-0.15, -0.1) is 0 Å². The number of hydrogen-bond acceptors (Lipinski definition) is 4. The number of aromatic nitrogens is 2. The first-order valence-corrected chi connectivity index (χ1v) is 7.12. The molecule has 0 atom stereocenters. The van der Waals surface area contributed by atoms with Crippen LogP contribution in [0.5, 0.6) is 5.75 Å². The smallest absolute Gasteiger partial charge is 0.257 e. The zero-order valence-electron chi connectivity index (χ0n) is 12.5. The van der Waals surface area contributed by atoms with E-state index in [1.165, 1.54) is 0 Å². The topological polar surface area (TPSA) is 64.9 Å². The lowest BCUT2D eigenvalue weighted by molar-refractivity contribution is -0.123. The minimum atomic E-state index is -0.142. The summed E-state index contributed by atoms with van der Waals surface area (Å²) in [6, 6.07) is 3.67. The molecule has 2 heterocycles. The number of imidazole rings is 1. The molecule has 2 rings (SSSR count). The van der Waals surface area contributed by atoms with E-state index in [-0.39, 0.29) is 12.5 Å². The van der Waals surface area contributed by atoms with Crippen LogP contribution in [-0.2, 0) is 9.53 Å². The Hall–Kier alpha value is -2.08. The fourth-order valence-electron chi connectivity index (χ4n) is 1.96. The lowest BCUT2D eigenvalue weighted by Gasteiger charge is -2.08. The molecule has 0 spiro atoms. The monoisotopic (exact) mass is 291 g/mol. The van der Waals surface area contributed by atoms with Gasteiger partial charge in [-0.05, 0) is 32.4 Å². The largest absolute Gasteiger partial charge is 0.480 e. The molecule has 0 aliphatic rings. The zero-order chi connectivity index (χ0) is 15.1. The van der Waals surface area contributed by atoms with Crippen molar-refractivity contribution in [1.29, 1.82) is 0 Å². The molecule has 6 nitrogen and oxygen atoms in total. The van der Waals surface area contributed by atoms with E-state index in [1.54, 1.807) is 0 Å². The Kier molecular flexibility index (Phi) is 5.57. The van der Waals surface area contributed by atoms with E-state index in [0.717, 1.165) is 17.8 Å². The second-order valence-corrected chi connectivity index (χ2v) is 4.67. The molecule has 0 aliphatic heterocycles. The maximum atomic E-state index is 11.7. The number of carbonyl (C=O) groups excluding carboxylic acids is 1. The van der Waals surface area contributed by atoms with Crippen LogP contribution in [0.1, 0.15) is 19.0 Å². The van der Waals surface area contributed by atoms with E-state index >= 15 is 0 Å². The molecule has 0 saturated heterocycles. The molecule has 0 unspecified atom stereocenters. The highest BCUT2D eigenvalue weighted by molar-refractivity contribution is 5.77. The first-order chi connectivity index (χ1) is 10.2. The van der Waals surface area contributed by atoms with E-state index < -0.39 is 0 Å². The minimum absolute atomic E-state index is 0.0137. The lowest BCUT2D eigenvalue weighted by Crippen LogP contribution is -2.30. The summed E-state index contributed by atoms with van der Waals surface area (Å²) in [5, 5.41) is 2.79. The quantitative estimate of drug-likeness (QED) is 0.750. The van der Waals surface area contributed by atoms with Crippen LogP contribution in [0.25, 0.3) is 5.65 Å². The van der Waals surface area contributed by atoms with Gasteiger partial charge in [0.25, 0.3) is 5.91 Å². The molecule has 6 heteroatoms. The number of hydrogen-bond donors (Lipinski definition) is 1. The summed E-state index contributed by atoms with van der Waals surface area (Å²) in [5.74, 6) is 0.465. The molecule has 0 bridgehead atoms. The SMILES string of the molecule is CCOCCCNC(=O)COc1cccn2cc(C)nc12. The van der Waals surface area contributed by atoms with E-state index in [0.29, 0.717) is 25.5 Å². The van der Waals surface area contributed by atoms with Crippen molar-refractivity contribution >= 4 is 11.6 Å². The summed E-state index contributed by atoms with van der Waals surface area (Å²) in [6.45, 7) is 5.80. The van der Waals surface area contributed by atoms with Gasteiger partial charge in [-0.3, -0.25) is 4.79 Å². The summed E-state index contributed by atoms with van der Waals surface area (Å²) in [4.78, 5) is 16.1. The highest BCUT2D eigenvalue weighted by atomic mass is 16.5. The zero-order valence-corrected chi connectivity index (χ0v) is 12.5. The molecule has 0 saturated carbocycles. The van der Waals surface area contributed by atoms with Crippen molar-refractivity contribution in [2.75, 3.05) is 26.4 Å². The van der Waals surface area contributed by atoms with Gasteiger partial charge in [-0.1, -0.05) is 0 Å². The van der Waals surface area contributed by atoms with Crippen LogP contribution in [0, 0.1) is 6.92 Å². The molecule has 21 heavy (non-hydrogen) atoms. The van der Waals surface area contributed by atoms with Crippen LogP contribution >= 0.6 is 0 Å². The van der Waals surface area contributed by atoms with Crippen molar-refractivity contribution in [3.63, 3.8) is 0 Å². The number of ether oxygens (including phenoxy) is 2. The Morgan fingerprint density at radius 1 is 1.48 bits per heavy atom. The van der Waals surface area contributed by atoms with Crippen LogP contribution < -0.4 is 10.1 Å². The maximum absolute atomic E-state index is 11.7. The Balaban J connectivity index is 1.80. The number of amides is 1. The first kappa shape index (κ1) is 15.3. The van der Waals surface area contributed by atoms with E-state index in [4.69, 9.17) is 9.47 Å². The van der Waals surface area contributed by atoms with Gasteiger partial charge in [0.05, 0.1) is 5.69 Å². The molecular formula is C15H21N3O3. The van der Waals surface area contributed by atoms with E-state index in [1.807, 2.05) is 42.8 Å². The van der Waals surface area contributed by atoms with Gasteiger partial charge in [0.1, 0.15) is 0 Å². The average molecular weight is 291 g/mol. The summed E-state index contributed by atoms with van der Waals surface area (Å²) in [6.07, 6.45) is 4.61. The first-order valence-electron chi connectivity index (χ1n) is 7.12. The standard InChI is InChI=1S/C15H21N3O3/c1-3-20-9-5-7-16-14(19)11-21-13-6-4-8-18-10-12(2)17-15(13)18/h4,6,8,10H,3,5,7,9,11H2,1-2H3,(H,16,19). The van der Waals surface area contributed by atoms with Gasteiger partial charge in [0.15, 0.2) is 18.0 Å². The average Bonchev–Trinajstić information content (AvgIpc) is 2.85. The normalized spacial score (nSPS) is 10.8. The molecule has 0 radical (unpaired) electrons. The molecule has 114 valence electrons. The Labute approximate surface area is 124 Å². The second-order valence-electron chi connectivity index (χ2n) is 4.67. The number of pyridine rings is 1. The molecule has 1 N–H and O–H groups in total. The molecule has 2 aromatic heterocycles. The van der Waals surface area contributed by atoms with Crippen LogP contribution in [0.2, 0.25) is 0 Å². The van der Waals surface area contributed by atoms with Crippen molar-refractivity contribution in [1.82, 2.24) is 14.7 Å². The van der Waals surface area contributed by atoms with Crippen LogP contribution in [0.3, 0.4) is 0 Å². The molecule has 0 aliphatic carbocycles. The summed E-state index contributed by atoms with van der Waals surface area (Å²) < 4.78 is 12.6. The van der Waals surface area contributed by atoms with Crippen molar-refractivity contribution in [2.24, 2.45) is 0 Å². The summed E-state index contributed by atoms with van der Waals surface area (Å²) in [7, 11) is 0. The third-order valence-electron chi connectivity index (χ3n) is 2.92. The van der Waals surface area contributed by atoms with Crippen LogP contribution in [0.15, 0.2) is 24.5 Å². The Morgan fingerprint density at radius 2 is 2.33 bits per heavy atom.